The standard InChI is InChI=1S/C19H26N4O5S/c1-14-12-15(2)23(21-14)11-5-10-20-18(24)13-28-19(25)16-6-8-17(9-7-16)29(26,27)22(3)4/h6-9,12H,5,10-11,13H2,1-4H3,(H,20,24). The topological polar surface area (TPSA) is 111 Å². The first-order valence-corrected chi connectivity index (χ1v) is 10.5. The lowest BCUT2D eigenvalue weighted by atomic mass is 10.2. The number of hydrogen-bond acceptors (Lipinski definition) is 6. The first kappa shape index (κ1) is 22.6. The molecule has 1 aromatic heterocycles. The van der Waals surface area contributed by atoms with Crippen molar-refractivity contribution >= 4 is 21.9 Å². The molecular formula is C19H26N4O5S. The van der Waals surface area contributed by atoms with E-state index in [1.807, 2.05) is 24.6 Å². The molecule has 0 aliphatic rings. The minimum absolute atomic E-state index is 0.0689. The van der Waals surface area contributed by atoms with E-state index in [1.54, 1.807) is 0 Å². The average Bonchev–Trinajstić information content (AvgIpc) is 3.00. The van der Waals surface area contributed by atoms with Crippen LogP contribution in [0.2, 0.25) is 0 Å². The number of esters is 1. The van der Waals surface area contributed by atoms with Gasteiger partial charge in [0.05, 0.1) is 16.2 Å². The molecule has 0 aliphatic carbocycles. The second-order valence-corrected chi connectivity index (χ2v) is 8.89. The lowest BCUT2D eigenvalue weighted by Crippen LogP contribution is -2.30. The summed E-state index contributed by atoms with van der Waals surface area (Å²) in [5.41, 5.74) is 2.18. The number of ether oxygens (including phenoxy) is 1. The molecule has 1 N–H and O–H groups in total. The second kappa shape index (κ2) is 9.66. The van der Waals surface area contributed by atoms with E-state index in [0.717, 1.165) is 15.7 Å². The summed E-state index contributed by atoms with van der Waals surface area (Å²) < 4.78 is 32.0. The third-order valence-electron chi connectivity index (χ3n) is 4.18. The fraction of sp³-hybridized carbons (Fsp3) is 0.421. The SMILES string of the molecule is Cc1cc(C)n(CCCNC(=O)COC(=O)c2ccc(S(=O)(=O)N(C)C)cc2)n1. The van der Waals surface area contributed by atoms with Gasteiger partial charge in [-0.3, -0.25) is 9.48 Å². The van der Waals surface area contributed by atoms with Crippen LogP contribution in [0.4, 0.5) is 0 Å². The molecule has 1 amide bonds. The van der Waals surface area contributed by atoms with Crippen LogP contribution in [0.5, 0.6) is 0 Å². The van der Waals surface area contributed by atoms with Gasteiger partial charge < -0.3 is 10.1 Å². The van der Waals surface area contributed by atoms with E-state index in [4.69, 9.17) is 4.74 Å². The molecule has 1 heterocycles. The number of nitrogens with one attached hydrogen (secondary N) is 1. The molecule has 0 radical (unpaired) electrons. The van der Waals surface area contributed by atoms with E-state index in [1.165, 1.54) is 38.4 Å². The predicted molar refractivity (Wildman–Crippen MR) is 107 cm³/mol. The van der Waals surface area contributed by atoms with E-state index >= 15 is 0 Å². The lowest BCUT2D eigenvalue weighted by Gasteiger charge is -2.11. The van der Waals surface area contributed by atoms with Crippen molar-refractivity contribution in [2.45, 2.75) is 31.7 Å². The number of amides is 1. The highest BCUT2D eigenvalue weighted by atomic mass is 32.2. The van der Waals surface area contributed by atoms with Crippen molar-refractivity contribution in [1.82, 2.24) is 19.4 Å². The summed E-state index contributed by atoms with van der Waals surface area (Å²) in [4.78, 5) is 23.9. The van der Waals surface area contributed by atoms with Crippen molar-refractivity contribution in [3.05, 3.63) is 47.3 Å². The molecule has 158 valence electrons. The van der Waals surface area contributed by atoms with Gasteiger partial charge in [-0.25, -0.2) is 17.5 Å². The zero-order valence-electron chi connectivity index (χ0n) is 17.0. The Labute approximate surface area is 170 Å². The molecule has 0 atom stereocenters. The molecule has 0 fully saturated rings. The van der Waals surface area contributed by atoms with Crippen molar-refractivity contribution in [2.24, 2.45) is 0 Å². The van der Waals surface area contributed by atoms with Gasteiger partial charge in [0, 0.05) is 32.9 Å². The van der Waals surface area contributed by atoms with Crippen LogP contribution in [0.3, 0.4) is 0 Å². The zero-order chi connectivity index (χ0) is 21.6. The number of aryl methyl sites for hydroxylation is 3. The highest BCUT2D eigenvalue weighted by molar-refractivity contribution is 7.89. The first-order valence-electron chi connectivity index (χ1n) is 9.08. The van der Waals surface area contributed by atoms with Gasteiger partial charge in [-0.15, -0.1) is 0 Å². The van der Waals surface area contributed by atoms with Crippen molar-refractivity contribution in [1.29, 1.82) is 0 Å². The molecule has 10 heteroatoms. The minimum atomic E-state index is -3.57. The quantitative estimate of drug-likeness (QED) is 0.479. The number of carbonyl (C=O) groups excluding carboxylic acids is 2. The number of hydrogen-bond donors (Lipinski definition) is 1. The molecule has 2 aromatic rings. The van der Waals surface area contributed by atoms with Gasteiger partial charge in [0.1, 0.15) is 0 Å². The Bertz CT molecular complexity index is 965. The lowest BCUT2D eigenvalue weighted by molar-refractivity contribution is -0.124. The Balaban J connectivity index is 1.75. The largest absolute Gasteiger partial charge is 0.452 e. The van der Waals surface area contributed by atoms with E-state index in [2.05, 4.69) is 10.4 Å². The summed E-state index contributed by atoms with van der Waals surface area (Å²) in [7, 11) is -0.721. The van der Waals surface area contributed by atoms with Crippen molar-refractivity contribution in [3.63, 3.8) is 0 Å². The fourth-order valence-corrected chi connectivity index (χ4v) is 3.50. The minimum Gasteiger partial charge on any atom is -0.452 e. The van der Waals surface area contributed by atoms with E-state index in [-0.39, 0.29) is 10.5 Å². The third kappa shape index (κ3) is 6.13. The van der Waals surface area contributed by atoms with Gasteiger partial charge in [-0.05, 0) is 50.6 Å². The van der Waals surface area contributed by atoms with E-state index in [9.17, 15) is 18.0 Å². The van der Waals surface area contributed by atoms with Crippen molar-refractivity contribution < 1.29 is 22.7 Å². The van der Waals surface area contributed by atoms with Gasteiger partial charge in [-0.2, -0.15) is 5.10 Å². The molecule has 0 spiro atoms. The smallest absolute Gasteiger partial charge is 0.338 e. The van der Waals surface area contributed by atoms with Crippen LogP contribution in [0.15, 0.2) is 35.2 Å². The normalized spacial score (nSPS) is 11.5. The van der Waals surface area contributed by atoms with Crippen LogP contribution in [-0.4, -0.2) is 61.6 Å². The van der Waals surface area contributed by atoms with Gasteiger partial charge in [0.15, 0.2) is 6.61 Å². The van der Waals surface area contributed by atoms with Crippen LogP contribution in [0, 0.1) is 13.8 Å². The summed E-state index contributed by atoms with van der Waals surface area (Å²) in [6.45, 7) is 4.61. The Morgan fingerprint density at radius 3 is 2.38 bits per heavy atom. The Morgan fingerprint density at radius 1 is 1.17 bits per heavy atom. The maximum Gasteiger partial charge on any atom is 0.338 e. The number of benzene rings is 1. The Kier molecular flexibility index (Phi) is 7.52. The van der Waals surface area contributed by atoms with Crippen molar-refractivity contribution in [3.8, 4) is 0 Å². The number of carbonyl (C=O) groups is 2. The highest BCUT2D eigenvalue weighted by Gasteiger charge is 2.18. The first-order chi connectivity index (χ1) is 13.6. The molecule has 0 saturated heterocycles. The van der Waals surface area contributed by atoms with Gasteiger partial charge in [0.25, 0.3) is 5.91 Å². The highest BCUT2D eigenvalue weighted by Crippen LogP contribution is 2.14. The Hall–Kier alpha value is -2.72. The van der Waals surface area contributed by atoms with Gasteiger partial charge in [0.2, 0.25) is 10.0 Å². The average molecular weight is 423 g/mol. The summed E-state index contributed by atoms with van der Waals surface area (Å²) in [6, 6.07) is 7.34. The second-order valence-electron chi connectivity index (χ2n) is 6.74. The molecule has 9 nitrogen and oxygen atoms in total. The summed E-state index contributed by atoms with van der Waals surface area (Å²) in [5, 5.41) is 7.03. The molecule has 29 heavy (non-hydrogen) atoms. The third-order valence-corrected chi connectivity index (χ3v) is 6.00. The van der Waals surface area contributed by atoms with Crippen LogP contribution < -0.4 is 5.32 Å². The molecule has 0 saturated carbocycles. The molecule has 0 bridgehead atoms. The van der Waals surface area contributed by atoms with Gasteiger partial charge in [-0.1, -0.05) is 0 Å². The summed E-state index contributed by atoms with van der Waals surface area (Å²) in [6.07, 6.45) is 0.698. The van der Waals surface area contributed by atoms with Crippen LogP contribution >= 0.6 is 0 Å². The molecule has 2 rings (SSSR count). The molecule has 1 aromatic carbocycles. The maximum absolute atomic E-state index is 12.0. The van der Waals surface area contributed by atoms with Crippen LogP contribution in [0.1, 0.15) is 28.2 Å². The molecule has 0 unspecified atom stereocenters. The number of sulfonamides is 1. The van der Waals surface area contributed by atoms with E-state index in [0.29, 0.717) is 19.5 Å². The monoisotopic (exact) mass is 422 g/mol. The fourth-order valence-electron chi connectivity index (χ4n) is 2.60. The van der Waals surface area contributed by atoms with Crippen molar-refractivity contribution in [2.75, 3.05) is 27.2 Å². The number of nitrogens with zero attached hydrogens (tertiary/aromatic N) is 3. The number of aromatic nitrogens is 2. The summed E-state index contributed by atoms with van der Waals surface area (Å²) in [5.74, 6) is -1.10. The zero-order valence-corrected chi connectivity index (χ0v) is 17.8. The number of rotatable bonds is 9. The van der Waals surface area contributed by atoms with Crippen LogP contribution in [-0.2, 0) is 26.1 Å². The molecule has 0 aliphatic heterocycles. The molecular weight excluding hydrogens is 396 g/mol. The van der Waals surface area contributed by atoms with Gasteiger partial charge >= 0.3 is 5.97 Å². The summed E-state index contributed by atoms with van der Waals surface area (Å²) >= 11 is 0. The van der Waals surface area contributed by atoms with Crippen LogP contribution in [0.25, 0.3) is 0 Å². The predicted octanol–water partition coefficient (Wildman–Crippen LogP) is 1.11. The maximum atomic E-state index is 12.0. The van der Waals surface area contributed by atoms with E-state index < -0.39 is 28.5 Å². The Morgan fingerprint density at radius 2 is 1.83 bits per heavy atom.